The van der Waals surface area contributed by atoms with E-state index in [-0.39, 0.29) is 23.6 Å². The van der Waals surface area contributed by atoms with Gasteiger partial charge in [-0.15, -0.1) is 0 Å². The van der Waals surface area contributed by atoms with Gasteiger partial charge in [0, 0.05) is 52.4 Å². The van der Waals surface area contributed by atoms with E-state index in [9.17, 15) is 14.9 Å². The Hall–Kier alpha value is -2.19. The summed E-state index contributed by atoms with van der Waals surface area (Å²) in [4.78, 5) is 31.4. The zero-order valence-corrected chi connectivity index (χ0v) is 18.3. The number of hydrogen-bond acceptors (Lipinski definition) is 8. The highest BCUT2D eigenvalue weighted by Crippen LogP contribution is 2.35. The molecule has 2 aliphatic heterocycles. The summed E-state index contributed by atoms with van der Waals surface area (Å²) in [5.74, 6) is 0.502. The summed E-state index contributed by atoms with van der Waals surface area (Å²) in [6, 6.07) is 2.01. The Labute approximate surface area is 179 Å². The molecule has 0 atom stereocenters. The molecule has 2 saturated heterocycles. The average Bonchev–Trinajstić information content (AvgIpc) is 2.94. The van der Waals surface area contributed by atoms with Crippen LogP contribution in [0, 0.1) is 18.3 Å². The molecule has 3 heterocycles. The van der Waals surface area contributed by atoms with Gasteiger partial charge in [0.25, 0.3) is 11.5 Å². The van der Waals surface area contributed by atoms with Crippen LogP contribution in [-0.4, -0.2) is 76.1 Å². The van der Waals surface area contributed by atoms with Crippen LogP contribution in [0.3, 0.4) is 0 Å². The van der Waals surface area contributed by atoms with Gasteiger partial charge in [-0.1, -0.05) is 24.0 Å². The standard InChI is InChI=1S/C19H23N5O3S2/c1-12-13(10-15-18(27)22(3)19(28)29-15)16(21(2)17(26)14(12)11-20)24-6-4-23(5-7-24)8-9-25/h10,25H,4-9H2,1-3H3/b15-10-. The number of β-amino-alcohol motifs (C(OH)–C–C–N with tert-alkyl or cyclic N) is 1. The van der Waals surface area contributed by atoms with E-state index in [4.69, 9.17) is 17.3 Å². The quantitative estimate of drug-likeness (QED) is 0.542. The highest BCUT2D eigenvalue weighted by molar-refractivity contribution is 8.26. The van der Waals surface area contributed by atoms with E-state index >= 15 is 0 Å². The van der Waals surface area contributed by atoms with Crippen LogP contribution in [0.1, 0.15) is 16.7 Å². The summed E-state index contributed by atoms with van der Waals surface area (Å²) in [6.45, 7) is 5.32. The first-order valence-corrected chi connectivity index (χ1v) is 10.5. The minimum atomic E-state index is -0.349. The number of pyridine rings is 1. The molecule has 1 aromatic rings. The fraction of sp³-hybridized carbons (Fsp3) is 0.474. The molecule has 154 valence electrons. The minimum Gasteiger partial charge on any atom is -0.395 e. The van der Waals surface area contributed by atoms with Gasteiger partial charge in [0.05, 0.1) is 11.5 Å². The second kappa shape index (κ2) is 8.67. The summed E-state index contributed by atoms with van der Waals surface area (Å²) >= 11 is 6.43. The van der Waals surface area contributed by atoms with Crippen LogP contribution in [0.4, 0.5) is 5.82 Å². The van der Waals surface area contributed by atoms with Gasteiger partial charge in [-0.2, -0.15) is 5.26 Å². The minimum absolute atomic E-state index is 0.0772. The number of thioether (sulfide) groups is 1. The smallest absolute Gasteiger partial charge is 0.270 e. The molecule has 1 N–H and O–H groups in total. The number of aliphatic hydroxyl groups excluding tert-OH is 1. The summed E-state index contributed by atoms with van der Waals surface area (Å²) in [5.41, 5.74) is 0.976. The van der Waals surface area contributed by atoms with Crippen molar-refractivity contribution in [1.82, 2.24) is 14.4 Å². The van der Waals surface area contributed by atoms with E-state index < -0.39 is 0 Å². The maximum Gasteiger partial charge on any atom is 0.270 e. The molecule has 10 heteroatoms. The van der Waals surface area contributed by atoms with Crippen molar-refractivity contribution in [2.45, 2.75) is 6.92 Å². The average molecular weight is 434 g/mol. The second-order valence-corrected chi connectivity index (χ2v) is 8.68. The molecule has 2 aliphatic rings. The van der Waals surface area contributed by atoms with E-state index in [1.165, 1.54) is 21.2 Å². The SMILES string of the molecule is Cc1c(/C=C2\SC(=S)N(C)C2=O)c(N2CCN(CCO)CC2)n(C)c(=O)c1C#N. The number of carbonyl (C=O) groups excluding carboxylic acids is 1. The molecule has 8 nitrogen and oxygen atoms in total. The third-order valence-corrected chi connectivity index (χ3v) is 6.80. The maximum atomic E-state index is 12.8. The number of aliphatic hydroxyl groups is 1. The first-order valence-electron chi connectivity index (χ1n) is 9.23. The molecule has 0 unspecified atom stereocenters. The molecule has 0 aromatic carbocycles. The van der Waals surface area contributed by atoms with Crippen molar-refractivity contribution >= 4 is 46.1 Å². The van der Waals surface area contributed by atoms with E-state index in [1.807, 2.05) is 6.07 Å². The number of anilines is 1. The third-order valence-electron chi connectivity index (χ3n) is 5.32. The second-order valence-electron chi connectivity index (χ2n) is 7.01. The molecule has 1 aromatic heterocycles. The van der Waals surface area contributed by atoms with Gasteiger partial charge in [-0.3, -0.25) is 24.0 Å². The number of nitriles is 1. The van der Waals surface area contributed by atoms with Crippen LogP contribution < -0.4 is 10.5 Å². The summed E-state index contributed by atoms with van der Waals surface area (Å²) in [7, 11) is 3.29. The van der Waals surface area contributed by atoms with E-state index in [0.717, 1.165) is 13.1 Å². The zero-order chi connectivity index (χ0) is 21.3. The van der Waals surface area contributed by atoms with Crippen LogP contribution >= 0.6 is 24.0 Å². The molecule has 0 radical (unpaired) electrons. The number of amides is 1. The number of hydrogen-bond donors (Lipinski definition) is 1. The highest BCUT2D eigenvalue weighted by Gasteiger charge is 2.31. The van der Waals surface area contributed by atoms with Crippen molar-refractivity contribution in [3.05, 3.63) is 31.9 Å². The van der Waals surface area contributed by atoms with Crippen LogP contribution in [-0.2, 0) is 11.8 Å². The summed E-state index contributed by atoms with van der Waals surface area (Å²) < 4.78 is 1.97. The maximum absolute atomic E-state index is 12.8. The van der Waals surface area contributed by atoms with Gasteiger partial charge < -0.3 is 10.0 Å². The topological polar surface area (TPSA) is 92.8 Å². The molecular weight excluding hydrogens is 410 g/mol. The first kappa shape index (κ1) is 21.5. The van der Waals surface area contributed by atoms with Crippen molar-refractivity contribution in [2.24, 2.45) is 7.05 Å². The van der Waals surface area contributed by atoms with Gasteiger partial charge in [0.2, 0.25) is 0 Å². The molecule has 0 saturated carbocycles. The van der Waals surface area contributed by atoms with Crippen LogP contribution in [0.2, 0.25) is 0 Å². The largest absolute Gasteiger partial charge is 0.395 e. The first-order chi connectivity index (χ1) is 13.8. The van der Waals surface area contributed by atoms with Gasteiger partial charge in [-0.25, -0.2) is 0 Å². The molecular formula is C19H23N5O3S2. The highest BCUT2D eigenvalue weighted by atomic mass is 32.2. The van der Waals surface area contributed by atoms with Crippen LogP contribution in [0.25, 0.3) is 6.08 Å². The number of aromatic nitrogens is 1. The van der Waals surface area contributed by atoms with Crippen molar-refractivity contribution < 1.29 is 9.90 Å². The van der Waals surface area contributed by atoms with E-state index in [2.05, 4.69) is 9.80 Å². The van der Waals surface area contributed by atoms with Gasteiger partial charge >= 0.3 is 0 Å². The number of piperazine rings is 1. The van der Waals surface area contributed by atoms with Crippen LogP contribution in [0.15, 0.2) is 9.70 Å². The molecule has 0 spiro atoms. The number of nitrogens with zero attached hydrogens (tertiary/aromatic N) is 5. The lowest BCUT2D eigenvalue weighted by Crippen LogP contribution is -2.49. The molecule has 29 heavy (non-hydrogen) atoms. The van der Waals surface area contributed by atoms with Crippen molar-refractivity contribution in [3.8, 4) is 6.07 Å². The summed E-state index contributed by atoms with van der Waals surface area (Å²) in [6.07, 6.45) is 1.74. The number of thiocarbonyl (C=S) groups is 1. The van der Waals surface area contributed by atoms with Crippen molar-refractivity contribution in [1.29, 1.82) is 5.26 Å². The Morgan fingerprint density at radius 1 is 1.24 bits per heavy atom. The van der Waals surface area contributed by atoms with Gasteiger partial charge in [0.15, 0.2) is 0 Å². The van der Waals surface area contributed by atoms with Crippen molar-refractivity contribution in [3.63, 3.8) is 0 Å². The fourth-order valence-corrected chi connectivity index (χ4v) is 4.76. The predicted molar refractivity (Wildman–Crippen MR) is 118 cm³/mol. The zero-order valence-electron chi connectivity index (χ0n) is 16.6. The lowest BCUT2D eigenvalue weighted by atomic mass is 10.0. The Morgan fingerprint density at radius 3 is 2.41 bits per heavy atom. The Morgan fingerprint density at radius 2 is 1.90 bits per heavy atom. The Balaban J connectivity index is 2.11. The lowest BCUT2D eigenvalue weighted by molar-refractivity contribution is -0.121. The molecule has 2 fully saturated rings. The normalized spacial score (nSPS) is 19.3. The predicted octanol–water partition coefficient (Wildman–Crippen LogP) is 0.511. The third kappa shape index (κ3) is 3.96. The summed E-state index contributed by atoms with van der Waals surface area (Å²) in [5, 5.41) is 18.7. The molecule has 0 bridgehead atoms. The van der Waals surface area contributed by atoms with Crippen molar-refractivity contribution in [2.75, 3.05) is 51.3 Å². The monoisotopic (exact) mass is 433 g/mol. The molecule has 1 amide bonds. The van der Waals surface area contributed by atoms with Gasteiger partial charge in [-0.05, 0) is 18.6 Å². The number of likely N-dealkylation sites (N-methyl/N-ethyl adjacent to an activating group) is 1. The van der Waals surface area contributed by atoms with Crippen LogP contribution in [0.5, 0.6) is 0 Å². The number of carbonyl (C=O) groups is 1. The fourth-order valence-electron chi connectivity index (χ4n) is 3.60. The Kier molecular flexibility index (Phi) is 6.43. The lowest BCUT2D eigenvalue weighted by Gasteiger charge is -2.37. The van der Waals surface area contributed by atoms with Gasteiger partial charge in [0.1, 0.15) is 21.8 Å². The number of rotatable bonds is 4. The molecule has 0 aliphatic carbocycles. The van der Waals surface area contributed by atoms with E-state index in [0.29, 0.717) is 45.8 Å². The Bertz CT molecular complexity index is 987. The molecule has 3 rings (SSSR count). The van der Waals surface area contributed by atoms with E-state index in [1.54, 1.807) is 27.1 Å².